The minimum Gasteiger partial charge on any atom is -0.338 e. The summed E-state index contributed by atoms with van der Waals surface area (Å²) in [6.07, 6.45) is 0.997. The van der Waals surface area contributed by atoms with Crippen LogP contribution in [0.1, 0.15) is 29.3 Å². The summed E-state index contributed by atoms with van der Waals surface area (Å²) in [6, 6.07) is 0. The molecule has 0 aromatic carbocycles. The number of nitrogens with zero attached hydrogens (tertiary/aromatic N) is 1. The Morgan fingerprint density at radius 2 is 2.22 bits per heavy atom. The fraction of sp³-hybridized carbons (Fsp3) is 0.545. The van der Waals surface area contributed by atoms with Crippen LogP contribution in [0.25, 0.3) is 0 Å². The maximum atomic E-state index is 12.3. The van der Waals surface area contributed by atoms with E-state index in [4.69, 9.17) is 5.14 Å². The highest BCUT2D eigenvalue weighted by Crippen LogP contribution is 2.28. The molecule has 0 aliphatic carbocycles. The van der Waals surface area contributed by atoms with Gasteiger partial charge in [-0.15, -0.1) is 11.3 Å². The molecule has 1 aliphatic heterocycles. The zero-order valence-corrected chi connectivity index (χ0v) is 12.0. The number of nitrogens with two attached hydrogens (primary N) is 1. The van der Waals surface area contributed by atoms with Crippen LogP contribution in [-0.4, -0.2) is 32.3 Å². The molecule has 1 aliphatic rings. The van der Waals surface area contributed by atoms with Gasteiger partial charge in [-0.1, -0.05) is 6.92 Å². The van der Waals surface area contributed by atoms with Crippen molar-refractivity contribution >= 4 is 27.3 Å². The lowest BCUT2D eigenvalue weighted by Crippen LogP contribution is -2.28. The number of carbonyl (C=O) groups excluding carboxylic acids is 1. The highest BCUT2D eigenvalue weighted by Gasteiger charge is 2.28. The summed E-state index contributed by atoms with van der Waals surface area (Å²) in [6.45, 7) is 5.20. The van der Waals surface area contributed by atoms with E-state index in [2.05, 4.69) is 6.92 Å². The van der Waals surface area contributed by atoms with E-state index in [-0.39, 0.29) is 10.1 Å². The lowest BCUT2D eigenvalue weighted by atomic mass is 10.2. The number of primary sulfonamides is 1. The van der Waals surface area contributed by atoms with Gasteiger partial charge in [0.2, 0.25) is 10.0 Å². The van der Waals surface area contributed by atoms with Crippen molar-refractivity contribution in [3.63, 3.8) is 0 Å². The number of thiophene rings is 1. The fourth-order valence-electron chi connectivity index (χ4n) is 2.18. The zero-order valence-electron chi connectivity index (χ0n) is 10.3. The molecular formula is C11H16N2O3S2. The predicted octanol–water partition coefficient (Wildman–Crippen LogP) is 1.19. The Morgan fingerprint density at radius 1 is 1.56 bits per heavy atom. The van der Waals surface area contributed by atoms with E-state index in [1.807, 2.05) is 0 Å². The number of sulfonamides is 1. The second-order valence-corrected chi connectivity index (χ2v) is 7.39. The summed E-state index contributed by atoms with van der Waals surface area (Å²) in [5.74, 6) is 0.411. The van der Waals surface area contributed by atoms with Crippen LogP contribution in [0, 0.1) is 12.8 Å². The van der Waals surface area contributed by atoms with E-state index in [0.717, 1.165) is 30.8 Å². The van der Waals surface area contributed by atoms with Crippen molar-refractivity contribution in [1.82, 2.24) is 4.90 Å². The van der Waals surface area contributed by atoms with Crippen LogP contribution in [0.3, 0.4) is 0 Å². The molecule has 1 aromatic heterocycles. The Balaban J connectivity index is 2.30. The average molecular weight is 288 g/mol. The summed E-state index contributed by atoms with van der Waals surface area (Å²) >= 11 is 1.01. The van der Waals surface area contributed by atoms with Crippen molar-refractivity contribution in [2.75, 3.05) is 13.1 Å². The molecule has 2 N–H and O–H groups in total. The number of hydrogen-bond donors (Lipinski definition) is 1. The third-order valence-electron chi connectivity index (χ3n) is 3.19. The third kappa shape index (κ3) is 2.43. The Kier molecular flexibility index (Phi) is 3.48. The van der Waals surface area contributed by atoms with Crippen LogP contribution < -0.4 is 5.14 Å². The lowest BCUT2D eigenvalue weighted by Gasteiger charge is -2.15. The van der Waals surface area contributed by atoms with Crippen LogP contribution in [0.4, 0.5) is 0 Å². The van der Waals surface area contributed by atoms with Gasteiger partial charge in [-0.2, -0.15) is 0 Å². The number of carbonyl (C=O) groups is 1. The van der Waals surface area contributed by atoms with Crippen molar-refractivity contribution in [1.29, 1.82) is 0 Å². The van der Waals surface area contributed by atoms with E-state index in [9.17, 15) is 13.2 Å². The molecule has 1 aromatic rings. The largest absolute Gasteiger partial charge is 0.338 e. The predicted molar refractivity (Wildman–Crippen MR) is 70.1 cm³/mol. The van der Waals surface area contributed by atoms with Gasteiger partial charge in [0, 0.05) is 18.5 Å². The first-order valence-electron chi connectivity index (χ1n) is 5.71. The van der Waals surface area contributed by atoms with Crippen molar-refractivity contribution in [2.24, 2.45) is 11.1 Å². The number of rotatable bonds is 2. The van der Waals surface area contributed by atoms with Crippen LogP contribution >= 0.6 is 11.3 Å². The molecule has 0 radical (unpaired) electrons. The summed E-state index contributed by atoms with van der Waals surface area (Å²) in [5.41, 5.74) is 0.921. The van der Waals surface area contributed by atoms with Crippen molar-refractivity contribution < 1.29 is 13.2 Å². The molecule has 0 spiro atoms. The topological polar surface area (TPSA) is 80.5 Å². The molecular weight excluding hydrogens is 272 g/mol. The van der Waals surface area contributed by atoms with Gasteiger partial charge in [0.25, 0.3) is 5.91 Å². The van der Waals surface area contributed by atoms with Gasteiger partial charge in [0.1, 0.15) is 4.21 Å². The zero-order chi connectivity index (χ0) is 13.5. The minimum atomic E-state index is -3.73. The number of likely N-dealkylation sites (tertiary alicyclic amines) is 1. The molecule has 100 valence electrons. The van der Waals surface area contributed by atoms with Gasteiger partial charge in [-0.25, -0.2) is 13.6 Å². The lowest BCUT2D eigenvalue weighted by molar-refractivity contribution is 0.0788. The van der Waals surface area contributed by atoms with E-state index in [1.165, 1.54) is 0 Å². The van der Waals surface area contributed by atoms with E-state index in [0.29, 0.717) is 17.0 Å². The highest BCUT2D eigenvalue weighted by atomic mass is 32.2. The van der Waals surface area contributed by atoms with Crippen LogP contribution in [0.5, 0.6) is 0 Å². The first-order chi connectivity index (χ1) is 8.30. The molecule has 0 bridgehead atoms. The Hall–Kier alpha value is -0.920. The number of hydrogen-bond acceptors (Lipinski definition) is 4. The molecule has 2 heterocycles. The molecule has 5 nitrogen and oxygen atoms in total. The smallest absolute Gasteiger partial charge is 0.255 e. The first kappa shape index (κ1) is 13.5. The molecule has 1 fully saturated rings. The van der Waals surface area contributed by atoms with E-state index >= 15 is 0 Å². The van der Waals surface area contributed by atoms with Gasteiger partial charge >= 0.3 is 0 Å². The van der Waals surface area contributed by atoms with Gasteiger partial charge in [0.05, 0.1) is 5.56 Å². The van der Waals surface area contributed by atoms with Gasteiger partial charge in [-0.3, -0.25) is 4.79 Å². The minimum absolute atomic E-state index is 0.0816. The Bertz CT molecular complexity index is 577. The second kappa shape index (κ2) is 4.64. The Morgan fingerprint density at radius 3 is 2.67 bits per heavy atom. The van der Waals surface area contributed by atoms with Gasteiger partial charge < -0.3 is 4.90 Å². The normalized spacial score (nSPS) is 20.4. The summed E-state index contributed by atoms with van der Waals surface area (Å²) < 4.78 is 22.7. The SMILES string of the molecule is Cc1c(C(=O)N2CCC(C)C2)csc1S(N)(=O)=O. The molecule has 2 rings (SSSR count). The van der Waals surface area contributed by atoms with Crippen molar-refractivity contribution in [2.45, 2.75) is 24.5 Å². The number of amides is 1. The van der Waals surface area contributed by atoms with E-state index < -0.39 is 10.0 Å². The fourth-order valence-corrected chi connectivity index (χ4v) is 4.19. The first-order valence-corrected chi connectivity index (χ1v) is 8.13. The molecule has 1 amide bonds. The van der Waals surface area contributed by atoms with E-state index in [1.54, 1.807) is 17.2 Å². The maximum Gasteiger partial charge on any atom is 0.255 e. The van der Waals surface area contributed by atoms with Crippen LogP contribution in [0.2, 0.25) is 0 Å². The molecule has 18 heavy (non-hydrogen) atoms. The molecule has 1 unspecified atom stereocenters. The molecule has 7 heteroatoms. The maximum absolute atomic E-state index is 12.3. The molecule has 1 saturated heterocycles. The quantitative estimate of drug-likeness (QED) is 0.887. The average Bonchev–Trinajstić information content (AvgIpc) is 2.82. The van der Waals surface area contributed by atoms with Gasteiger partial charge in [-0.05, 0) is 24.8 Å². The molecule has 0 saturated carbocycles. The third-order valence-corrected chi connectivity index (χ3v) is 5.88. The summed E-state index contributed by atoms with van der Waals surface area (Å²) in [7, 11) is -3.73. The standard InChI is InChI=1S/C11H16N2O3S2/c1-7-3-4-13(5-7)10(14)9-6-17-11(8(9)2)18(12,15)16/h6-7H,3-5H2,1-2H3,(H2,12,15,16). The second-order valence-electron chi connectivity index (χ2n) is 4.75. The van der Waals surface area contributed by atoms with Crippen LogP contribution in [0.15, 0.2) is 9.59 Å². The van der Waals surface area contributed by atoms with Crippen molar-refractivity contribution in [3.05, 3.63) is 16.5 Å². The van der Waals surface area contributed by atoms with Gasteiger partial charge in [0.15, 0.2) is 0 Å². The summed E-state index contributed by atoms with van der Waals surface area (Å²) in [4.78, 5) is 14.0. The monoisotopic (exact) mass is 288 g/mol. The molecule has 1 atom stereocenters. The van der Waals surface area contributed by atoms with Crippen LogP contribution in [-0.2, 0) is 10.0 Å². The Labute approximate surface area is 111 Å². The van der Waals surface area contributed by atoms with Crippen molar-refractivity contribution in [3.8, 4) is 0 Å². The summed E-state index contributed by atoms with van der Waals surface area (Å²) in [5, 5.41) is 6.69. The highest BCUT2D eigenvalue weighted by molar-refractivity contribution is 7.91.